The van der Waals surface area contributed by atoms with Crippen molar-refractivity contribution in [2.45, 2.75) is 25.6 Å². The lowest BCUT2D eigenvalue weighted by atomic mass is 9.92. The van der Waals surface area contributed by atoms with E-state index in [2.05, 4.69) is 0 Å². The summed E-state index contributed by atoms with van der Waals surface area (Å²) in [5.41, 5.74) is -0.170. The lowest BCUT2D eigenvalue weighted by Gasteiger charge is -2.21. The number of aromatic nitrogens is 1. The van der Waals surface area contributed by atoms with Crippen molar-refractivity contribution >= 4 is 11.5 Å². The van der Waals surface area contributed by atoms with E-state index in [0.29, 0.717) is 11.1 Å². The van der Waals surface area contributed by atoms with Crippen molar-refractivity contribution in [1.29, 1.82) is 0 Å². The Morgan fingerprint density at radius 3 is 2.67 bits per heavy atom. The Kier molecular flexibility index (Phi) is 3.11. The highest BCUT2D eigenvalue weighted by molar-refractivity contribution is 5.82. The maximum Gasteiger partial charge on any atom is 0.340 e. The summed E-state index contributed by atoms with van der Waals surface area (Å²) in [6, 6.07) is 5.00. The Bertz CT molecular complexity index is 590. The van der Waals surface area contributed by atoms with Crippen LogP contribution >= 0.6 is 0 Å². The van der Waals surface area contributed by atoms with E-state index in [1.54, 1.807) is 41.9 Å². The van der Waals surface area contributed by atoms with Crippen molar-refractivity contribution in [3.63, 3.8) is 0 Å². The van der Waals surface area contributed by atoms with Crippen molar-refractivity contribution in [2.75, 3.05) is 0 Å². The van der Waals surface area contributed by atoms with Crippen LogP contribution in [0.1, 0.15) is 24.5 Å². The number of rotatable bonds is 4. The van der Waals surface area contributed by atoms with Gasteiger partial charge in [0, 0.05) is 18.0 Å². The quantitative estimate of drug-likeness (QED) is 0.758. The van der Waals surface area contributed by atoms with Gasteiger partial charge in [-0.2, -0.15) is 0 Å². The Balaban J connectivity index is 2.62. The van der Waals surface area contributed by atoms with Crippen LogP contribution in [0.15, 0.2) is 30.6 Å². The fraction of sp³-hybridized carbons (Fsp3) is 0.308. The molecule has 2 aromatic heterocycles. The molecule has 0 aliphatic heterocycles. The van der Waals surface area contributed by atoms with Gasteiger partial charge in [0.25, 0.3) is 0 Å². The van der Waals surface area contributed by atoms with Gasteiger partial charge < -0.3 is 19.7 Å². The zero-order valence-corrected chi connectivity index (χ0v) is 10.00. The largest absolute Gasteiger partial charge is 0.479 e. The zero-order valence-electron chi connectivity index (χ0n) is 10.00. The molecule has 5 nitrogen and oxygen atoms in total. The van der Waals surface area contributed by atoms with E-state index in [9.17, 15) is 9.90 Å². The minimum Gasteiger partial charge on any atom is -0.479 e. The number of carbonyl (C=O) groups is 1. The highest BCUT2D eigenvalue weighted by atomic mass is 16.4. The number of carboxylic acid groups (broad SMARTS) is 1. The number of aliphatic hydroxyl groups is 2. The molecule has 0 aliphatic rings. The molecule has 0 fully saturated rings. The SMILES string of the molecule is CCC(O)(C(=O)O)c1ccn2cc(CO)ccc12. The maximum absolute atomic E-state index is 11.2. The van der Waals surface area contributed by atoms with E-state index in [1.165, 1.54) is 0 Å². The molecule has 0 bridgehead atoms. The number of fused-ring (bicyclic) bond motifs is 1. The van der Waals surface area contributed by atoms with Crippen LogP contribution in [0.3, 0.4) is 0 Å². The Morgan fingerprint density at radius 1 is 1.39 bits per heavy atom. The topological polar surface area (TPSA) is 82.2 Å². The van der Waals surface area contributed by atoms with Crippen LogP contribution in [-0.2, 0) is 17.0 Å². The number of aliphatic carboxylic acids is 1. The predicted molar refractivity (Wildman–Crippen MR) is 65.1 cm³/mol. The monoisotopic (exact) mass is 249 g/mol. The van der Waals surface area contributed by atoms with Crippen LogP contribution in [0, 0.1) is 0 Å². The molecule has 0 spiro atoms. The minimum absolute atomic E-state index is 0.0829. The molecule has 1 unspecified atom stereocenters. The summed E-state index contributed by atoms with van der Waals surface area (Å²) in [7, 11) is 0. The van der Waals surface area contributed by atoms with Crippen LogP contribution < -0.4 is 0 Å². The number of pyridine rings is 1. The van der Waals surface area contributed by atoms with Gasteiger partial charge >= 0.3 is 5.97 Å². The van der Waals surface area contributed by atoms with Gasteiger partial charge in [-0.3, -0.25) is 0 Å². The van der Waals surface area contributed by atoms with Gasteiger partial charge in [-0.1, -0.05) is 13.0 Å². The number of aliphatic hydroxyl groups excluding tert-OH is 1. The first kappa shape index (κ1) is 12.6. The van der Waals surface area contributed by atoms with Crippen LogP contribution in [0.5, 0.6) is 0 Å². The maximum atomic E-state index is 11.2. The Morgan fingerprint density at radius 2 is 2.11 bits per heavy atom. The second-order valence-electron chi connectivity index (χ2n) is 4.24. The minimum atomic E-state index is -1.88. The predicted octanol–water partition coefficient (Wildman–Crippen LogP) is 1.11. The van der Waals surface area contributed by atoms with E-state index < -0.39 is 11.6 Å². The van der Waals surface area contributed by atoms with E-state index in [0.717, 1.165) is 5.56 Å². The summed E-state index contributed by atoms with van der Waals surface area (Å²) < 4.78 is 1.70. The average Bonchev–Trinajstić information content (AvgIpc) is 2.80. The third-order valence-electron chi connectivity index (χ3n) is 3.21. The highest BCUT2D eigenvalue weighted by Crippen LogP contribution is 2.30. The van der Waals surface area contributed by atoms with Crippen LogP contribution in [-0.4, -0.2) is 25.7 Å². The van der Waals surface area contributed by atoms with E-state index in [4.69, 9.17) is 10.2 Å². The number of hydrogen-bond donors (Lipinski definition) is 3. The van der Waals surface area contributed by atoms with Crippen molar-refractivity contribution in [1.82, 2.24) is 4.40 Å². The normalized spacial score (nSPS) is 14.6. The summed E-state index contributed by atoms with van der Waals surface area (Å²) >= 11 is 0. The molecule has 2 rings (SSSR count). The van der Waals surface area contributed by atoms with Crippen molar-refractivity contribution in [3.05, 3.63) is 41.7 Å². The highest BCUT2D eigenvalue weighted by Gasteiger charge is 2.37. The molecule has 0 saturated heterocycles. The summed E-state index contributed by atoms with van der Waals surface area (Å²) in [6.45, 7) is 1.54. The summed E-state index contributed by atoms with van der Waals surface area (Å²) in [6.07, 6.45) is 3.47. The van der Waals surface area contributed by atoms with Gasteiger partial charge in [0.2, 0.25) is 0 Å². The number of carboxylic acids is 1. The van der Waals surface area contributed by atoms with Crippen molar-refractivity contribution in [3.8, 4) is 0 Å². The van der Waals surface area contributed by atoms with Crippen LogP contribution in [0.2, 0.25) is 0 Å². The Labute approximate surface area is 104 Å². The number of hydrogen-bond acceptors (Lipinski definition) is 3. The van der Waals surface area contributed by atoms with Gasteiger partial charge in [-0.15, -0.1) is 0 Å². The molecule has 0 saturated carbocycles. The fourth-order valence-electron chi connectivity index (χ4n) is 2.06. The van der Waals surface area contributed by atoms with Gasteiger partial charge in [0.15, 0.2) is 5.60 Å². The van der Waals surface area contributed by atoms with Gasteiger partial charge in [0.1, 0.15) is 0 Å². The van der Waals surface area contributed by atoms with E-state index in [1.807, 2.05) is 0 Å². The van der Waals surface area contributed by atoms with Gasteiger partial charge in [-0.05, 0) is 24.1 Å². The first-order chi connectivity index (χ1) is 8.52. The molecule has 2 heterocycles. The first-order valence-electron chi connectivity index (χ1n) is 5.69. The van der Waals surface area contributed by atoms with Crippen LogP contribution in [0.4, 0.5) is 0 Å². The van der Waals surface area contributed by atoms with E-state index in [-0.39, 0.29) is 13.0 Å². The molecule has 0 radical (unpaired) electrons. The summed E-state index contributed by atoms with van der Waals surface area (Å²) in [4.78, 5) is 11.2. The molecule has 1 atom stereocenters. The first-order valence-corrected chi connectivity index (χ1v) is 5.69. The average molecular weight is 249 g/mol. The second-order valence-corrected chi connectivity index (χ2v) is 4.24. The zero-order chi connectivity index (χ0) is 13.3. The van der Waals surface area contributed by atoms with Gasteiger partial charge in [0.05, 0.1) is 12.1 Å². The molecular weight excluding hydrogens is 234 g/mol. The van der Waals surface area contributed by atoms with Crippen molar-refractivity contribution < 1.29 is 20.1 Å². The fourth-order valence-corrected chi connectivity index (χ4v) is 2.06. The standard InChI is InChI=1S/C13H15NO4/c1-2-13(18,12(16)17)10-5-6-14-7-9(8-15)3-4-11(10)14/h3-7,15,18H,2,8H2,1H3,(H,16,17). The molecule has 0 amide bonds. The third-order valence-corrected chi connectivity index (χ3v) is 3.21. The summed E-state index contributed by atoms with van der Waals surface area (Å²) in [5.74, 6) is -1.26. The Hall–Kier alpha value is -1.85. The smallest absolute Gasteiger partial charge is 0.340 e. The van der Waals surface area contributed by atoms with E-state index >= 15 is 0 Å². The number of nitrogens with zero attached hydrogens (tertiary/aromatic N) is 1. The lowest BCUT2D eigenvalue weighted by Crippen LogP contribution is -2.34. The molecule has 2 aromatic rings. The molecule has 96 valence electrons. The molecule has 5 heteroatoms. The molecule has 3 N–H and O–H groups in total. The molecule has 18 heavy (non-hydrogen) atoms. The van der Waals surface area contributed by atoms with Crippen molar-refractivity contribution in [2.24, 2.45) is 0 Å². The molecule has 0 aliphatic carbocycles. The third kappa shape index (κ3) is 1.77. The molecule has 0 aromatic carbocycles. The second kappa shape index (κ2) is 4.44. The van der Waals surface area contributed by atoms with Gasteiger partial charge in [-0.25, -0.2) is 4.79 Å². The lowest BCUT2D eigenvalue weighted by molar-refractivity contribution is -0.159. The summed E-state index contributed by atoms with van der Waals surface area (Å²) in [5, 5.41) is 28.4. The van der Waals surface area contributed by atoms with Crippen LogP contribution in [0.25, 0.3) is 5.52 Å². The molecular formula is C13H15NO4.